The minimum Gasteiger partial charge on any atom is -0.378 e. The molecule has 158 valence electrons. The zero-order valence-corrected chi connectivity index (χ0v) is 17.0. The number of hydrogen-bond donors (Lipinski definition) is 2. The molecule has 2 fully saturated rings. The van der Waals surface area contributed by atoms with E-state index in [2.05, 4.69) is 15.5 Å². The molecule has 7 nitrogen and oxygen atoms in total. The molecule has 0 saturated carbocycles. The second-order valence-electron chi connectivity index (χ2n) is 7.68. The molecule has 0 spiro atoms. The number of nitrogens with one attached hydrogen (secondary N) is 2. The van der Waals surface area contributed by atoms with Crippen molar-refractivity contribution in [2.45, 2.75) is 18.9 Å². The number of piperidine rings is 1. The zero-order valence-electron chi connectivity index (χ0n) is 17.0. The summed E-state index contributed by atoms with van der Waals surface area (Å²) in [6, 6.07) is 17.1. The van der Waals surface area contributed by atoms with Crippen molar-refractivity contribution in [2.24, 2.45) is 0 Å². The number of hydrogen-bond acceptors (Lipinski definition) is 4. The van der Waals surface area contributed by atoms with E-state index in [1.165, 1.54) is 0 Å². The molecule has 2 heterocycles. The van der Waals surface area contributed by atoms with Crippen LogP contribution in [0.15, 0.2) is 54.6 Å². The summed E-state index contributed by atoms with van der Waals surface area (Å²) >= 11 is 0. The molecule has 2 saturated heterocycles. The van der Waals surface area contributed by atoms with Gasteiger partial charge in [-0.25, -0.2) is 4.79 Å². The number of ether oxygens (including phenoxy) is 1. The van der Waals surface area contributed by atoms with Crippen LogP contribution < -0.4 is 15.5 Å². The van der Waals surface area contributed by atoms with Crippen molar-refractivity contribution in [3.63, 3.8) is 0 Å². The van der Waals surface area contributed by atoms with E-state index in [0.717, 1.165) is 50.5 Å². The van der Waals surface area contributed by atoms with Gasteiger partial charge in [0.1, 0.15) is 0 Å². The summed E-state index contributed by atoms with van der Waals surface area (Å²) in [4.78, 5) is 29.2. The molecule has 2 aliphatic rings. The SMILES string of the molecule is O=C(Nc1ccccc1)NC1CCN(C(=O)c2ccc(N3CCOCC3)cc2)CC1. The second-order valence-corrected chi connectivity index (χ2v) is 7.68. The number of anilines is 2. The highest BCUT2D eigenvalue weighted by molar-refractivity contribution is 5.94. The average Bonchev–Trinajstić information content (AvgIpc) is 2.80. The van der Waals surface area contributed by atoms with Crippen LogP contribution in [-0.4, -0.2) is 62.3 Å². The van der Waals surface area contributed by atoms with E-state index < -0.39 is 0 Å². The molecule has 0 bridgehead atoms. The number of para-hydroxylation sites is 1. The molecule has 4 rings (SSSR count). The van der Waals surface area contributed by atoms with Gasteiger partial charge in [0.25, 0.3) is 5.91 Å². The highest BCUT2D eigenvalue weighted by Crippen LogP contribution is 2.19. The molecule has 0 atom stereocenters. The zero-order chi connectivity index (χ0) is 20.8. The lowest BCUT2D eigenvalue weighted by atomic mass is 10.0. The lowest BCUT2D eigenvalue weighted by Crippen LogP contribution is -2.47. The van der Waals surface area contributed by atoms with Gasteiger partial charge in [0.15, 0.2) is 0 Å². The maximum atomic E-state index is 12.8. The molecule has 3 amide bonds. The van der Waals surface area contributed by atoms with Gasteiger partial charge >= 0.3 is 6.03 Å². The van der Waals surface area contributed by atoms with Crippen LogP contribution in [0.25, 0.3) is 0 Å². The Morgan fingerprint density at radius 3 is 2.20 bits per heavy atom. The smallest absolute Gasteiger partial charge is 0.319 e. The Labute approximate surface area is 177 Å². The number of urea groups is 1. The fourth-order valence-electron chi connectivity index (χ4n) is 3.92. The molecule has 0 unspecified atom stereocenters. The molecule has 30 heavy (non-hydrogen) atoms. The van der Waals surface area contributed by atoms with Crippen LogP contribution in [0.1, 0.15) is 23.2 Å². The fraction of sp³-hybridized carbons (Fsp3) is 0.391. The van der Waals surface area contributed by atoms with E-state index in [4.69, 9.17) is 4.74 Å². The predicted octanol–water partition coefficient (Wildman–Crippen LogP) is 2.95. The Balaban J connectivity index is 1.25. The van der Waals surface area contributed by atoms with Crippen molar-refractivity contribution < 1.29 is 14.3 Å². The first-order chi connectivity index (χ1) is 14.7. The van der Waals surface area contributed by atoms with Gasteiger partial charge in [-0.3, -0.25) is 4.79 Å². The van der Waals surface area contributed by atoms with E-state index in [1.54, 1.807) is 0 Å². The van der Waals surface area contributed by atoms with Crippen LogP contribution in [0.3, 0.4) is 0 Å². The summed E-state index contributed by atoms with van der Waals surface area (Å²) in [5, 5.41) is 5.85. The average molecular weight is 409 g/mol. The standard InChI is InChI=1S/C23H28N4O3/c28-22(18-6-8-21(9-7-18)26-14-16-30-17-15-26)27-12-10-20(11-13-27)25-23(29)24-19-4-2-1-3-5-19/h1-9,20H,10-17H2,(H2,24,25,29). The number of benzene rings is 2. The van der Waals surface area contributed by atoms with Crippen molar-refractivity contribution >= 4 is 23.3 Å². The second kappa shape index (κ2) is 9.63. The summed E-state index contributed by atoms with van der Waals surface area (Å²) < 4.78 is 5.39. The number of nitrogens with zero attached hydrogens (tertiary/aromatic N) is 2. The summed E-state index contributed by atoms with van der Waals surface area (Å²) in [7, 11) is 0. The van der Waals surface area contributed by atoms with Crippen molar-refractivity contribution in [3.8, 4) is 0 Å². The summed E-state index contributed by atoms with van der Waals surface area (Å²) in [6.07, 6.45) is 1.50. The van der Waals surface area contributed by atoms with Gasteiger partial charge in [-0.2, -0.15) is 0 Å². The van der Waals surface area contributed by atoms with E-state index >= 15 is 0 Å². The number of carbonyl (C=O) groups excluding carboxylic acids is 2. The number of carbonyl (C=O) groups is 2. The van der Waals surface area contributed by atoms with Crippen LogP contribution in [-0.2, 0) is 4.74 Å². The first kappa shape index (κ1) is 20.2. The molecule has 2 aromatic carbocycles. The molecule has 2 N–H and O–H groups in total. The molecule has 0 radical (unpaired) electrons. The van der Waals surface area contributed by atoms with E-state index in [-0.39, 0.29) is 18.0 Å². The Hall–Kier alpha value is -3.06. The number of rotatable bonds is 4. The monoisotopic (exact) mass is 408 g/mol. The van der Waals surface area contributed by atoms with Gasteiger partial charge in [-0.05, 0) is 49.2 Å². The normalized spacial score (nSPS) is 17.5. The van der Waals surface area contributed by atoms with Gasteiger partial charge in [0, 0.05) is 49.2 Å². The van der Waals surface area contributed by atoms with E-state index in [1.807, 2.05) is 59.5 Å². The summed E-state index contributed by atoms with van der Waals surface area (Å²) in [5.74, 6) is 0.0516. The highest BCUT2D eigenvalue weighted by atomic mass is 16.5. The molecule has 0 aliphatic carbocycles. The topological polar surface area (TPSA) is 73.9 Å². The molecule has 2 aromatic rings. The van der Waals surface area contributed by atoms with Crippen molar-refractivity contribution in [1.82, 2.24) is 10.2 Å². The Bertz CT molecular complexity index is 843. The molecule has 7 heteroatoms. The summed E-state index contributed by atoms with van der Waals surface area (Å²) in [5.41, 5.74) is 2.60. The summed E-state index contributed by atoms with van der Waals surface area (Å²) in [6.45, 7) is 4.53. The number of likely N-dealkylation sites (tertiary alicyclic amines) is 1. The van der Waals surface area contributed by atoms with Crippen molar-refractivity contribution in [2.75, 3.05) is 49.6 Å². The predicted molar refractivity (Wildman–Crippen MR) is 117 cm³/mol. The quantitative estimate of drug-likeness (QED) is 0.816. The van der Waals surface area contributed by atoms with Crippen LogP contribution in [0.5, 0.6) is 0 Å². The third kappa shape index (κ3) is 5.10. The Morgan fingerprint density at radius 2 is 1.53 bits per heavy atom. The lowest BCUT2D eigenvalue weighted by molar-refractivity contribution is 0.0709. The minimum atomic E-state index is -0.204. The van der Waals surface area contributed by atoms with Gasteiger partial charge in [-0.1, -0.05) is 18.2 Å². The molecule has 2 aliphatic heterocycles. The van der Waals surface area contributed by atoms with E-state index in [9.17, 15) is 9.59 Å². The van der Waals surface area contributed by atoms with Gasteiger partial charge in [0.05, 0.1) is 13.2 Å². The fourth-order valence-corrected chi connectivity index (χ4v) is 3.92. The Kier molecular flexibility index (Phi) is 6.49. The van der Waals surface area contributed by atoms with Gasteiger partial charge in [0.2, 0.25) is 0 Å². The first-order valence-corrected chi connectivity index (χ1v) is 10.5. The maximum Gasteiger partial charge on any atom is 0.319 e. The third-order valence-corrected chi connectivity index (χ3v) is 5.64. The van der Waals surface area contributed by atoms with Crippen LogP contribution >= 0.6 is 0 Å². The maximum absolute atomic E-state index is 12.8. The van der Waals surface area contributed by atoms with Crippen molar-refractivity contribution in [3.05, 3.63) is 60.2 Å². The van der Waals surface area contributed by atoms with Crippen molar-refractivity contribution in [1.29, 1.82) is 0 Å². The molecular formula is C23H28N4O3. The molecule has 0 aromatic heterocycles. The van der Waals surface area contributed by atoms with E-state index in [0.29, 0.717) is 18.7 Å². The lowest BCUT2D eigenvalue weighted by Gasteiger charge is -2.32. The highest BCUT2D eigenvalue weighted by Gasteiger charge is 2.25. The largest absolute Gasteiger partial charge is 0.378 e. The van der Waals surface area contributed by atoms with Crippen LogP contribution in [0, 0.1) is 0 Å². The number of amides is 3. The first-order valence-electron chi connectivity index (χ1n) is 10.5. The van der Waals surface area contributed by atoms with Gasteiger partial charge < -0.3 is 25.2 Å². The minimum absolute atomic E-state index is 0.0516. The van der Waals surface area contributed by atoms with Gasteiger partial charge in [-0.15, -0.1) is 0 Å². The third-order valence-electron chi connectivity index (χ3n) is 5.64. The molecular weight excluding hydrogens is 380 g/mol. The Morgan fingerprint density at radius 1 is 0.867 bits per heavy atom. The van der Waals surface area contributed by atoms with Crippen LogP contribution in [0.2, 0.25) is 0 Å². The number of morpholine rings is 1. The van der Waals surface area contributed by atoms with Crippen LogP contribution in [0.4, 0.5) is 16.2 Å².